The number of carboxylic acids is 1. The highest BCUT2D eigenvalue weighted by molar-refractivity contribution is 5.76. The number of alkyl carbamates (subject to hydrolysis) is 1. The Morgan fingerprint density at radius 1 is 1.17 bits per heavy atom. The van der Waals surface area contributed by atoms with E-state index in [1.54, 1.807) is 27.9 Å². The standard InChI is InChI=1S/C17H33NO5/c1-13(2)11-17(14(19)20,9-7-8-10-22-6)12-18-15(21)23-16(3,4)5/h13H,7-12H2,1-6H3,(H,18,21)(H,19,20). The van der Waals surface area contributed by atoms with Gasteiger partial charge in [-0.3, -0.25) is 4.79 Å². The molecular weight excluding hydrogens is 298 g/mol. The zero-order valence-corrected chi connectivity index (χ0v) is 15.4. The van der Waals surface area contributed by atoms with Gasteiger partial charge in [0.2, 0.25) is 0 Å². The number of carbonyl (C=O) groups is 2. The first-order valence-electron chi connectivity index (χ1n) is 8.21. The van der Waals surface area contributed by atoms with Crippen LogP contribution in [0.4, 0.5) is 4.79 Å². The fraction of sp³-hybridized carbons (Fsp3) is 0.882. The average molecular weight is 331 g/mol. The molecule has 0 bridgehead atoms. The lowest BCUT2D eigenvalue weighted by molar-refractivity contribution is -0.150. The Bertz CT molecular complexity index is 376. The number of nitrogens with one attached hydrogen (secondary N) is 1. The predicted molar refractivity (Wildman–Crippen MR) is 89.5 cm³/mol. The Kier molecular flexibility index (Phi) is 9.20. The van der Waals surface area contributed by atoms with Crippen LogP contribution in [-0.4, -0.2) is 43.0 Å². The molecule has 0 aliphatic heterocycles. The van der Waals surface area contributed by atoms with E-state index in [1.165, 1.54) is 0 Å². The van der Waals surface area contributed by atoms with E-state index in [0.29, 0.717) is 19.4 Å². The summed E-state index contributed by atoms with van der Waals surface area (Å²) in [5.74, 6) is -0.659. The highest BCUT2D eigenvalue weighted by Gasteiger charge is 2.39. The number of carboxylic acid groups (broad SMARTS) is 1. The molecule has 0 radical (unpaired) electrons. The van der Waals surface area contributed by atoms with Gasteiger partial charge in [0.15, 0.2) is 0 Å². The summed E-state index contributed by atoms with van der Waals surface area (Å²) in [5, 5.41) is 12.4. The van der Waals surface area contributed by atoms with Crippen LogP contribution >= 0.6 is 0 Å². The molecule has 0 aromatic rings. The van der Waals surface area contributed by atoms with Gasteiger partial charge in [-0.15, -0.1) is 0 Å². The SMILES string of the molecule is COCCCCC(CNC(=O)OC(C)(C)C)(CC(C)C)C(=O)O. The summed E-state index contributed by atoms with van der Waals surface area (Å²) in [6.07, 6.45) is 1.97. The van der Waals surface area contributed by atoms with Crippen molar-refractivity contribution in [2.45, 2.75) is 65.9 Å². The summed E-state index contributed by atoms with van der Waals surface area (Å²) in [6, 6.07) is 0. The molecule has 0 spiro atoms. The molecule has 0 aromatic heterocycles. The fourth-order valence-electron chi connectivity index (χ4n) is 2.58. The molecule has 0 heterocycles. The zero-order valence-electron chi connectivity index (χ0n) is 15.4. The van der Waals surface area contributed by atoms with Gasteiger partial charge in [-0.25, -0.2) is 4.79 Å². The maximum Gasteiger partial charge on any atom is 0.407 e. The molecule has 0 fully saturated rings. The van der Waals surface area contributed by atoms with E-state index in [4.69, 9.17) is 9.47 Å². The van der Waals surface area contributed by atoms with Gasteiger partial charge in [-0.2, -0.15) is 0 Å². The molecule has 1 amide bonds. The first-order valence-corrected chi connectivity index (χ1v) is 8.21. The van der Waals surface area contributed by atoms with Crippen LogP contribution in [-0.2, 0) is 14.3 Å². The predicted octanol–water partition coefficient (Wildman–Crippen LogP) is 3.44. The van der Waals surface area contributed by atoms with Crippen molar-refractivity contribution >= 4 is 12.1 Å². The lowest BCUT2D eigenvalue weighted by Crippen LogP contribution is -2.45. The van der Waals surface area contributed by atoms with Crippen LogP contribution < -0.4 is 5.32 Å². The number of methoxy groups -OCH3 is 1. The van der Waals surface area contributed by atoms with Gasteiger partial charge < -0.3 is 19.9 Å². The topological polar surface area (TPSA) is 84.9 Å². The quantitative estimate of drug-likeness (QED) is 0.599. The van der Waals surface area contributed by atoms with Crippen LogP contribution in [0, 0.1) is 11.3 Å². The second kappa shape index (κ2) is 9.75. The second-order valence-corrected chi connectivity index (χ2v) is 7.49. The van der Waals surface area contributed by atoms with Gasteiger partial charge in [0.25, 0.3) is 0 Å². The van der Waals surface area contributed by atoms with Gasteiger partial charge in [0.1, 0.15) is 5.60 Å². The van der Waals surface area contributed by atoms with Crippen LogP contribution in [0.1, 0.15) is 60.3 Å². The van der Waals surface area contributed by atoms with E-state index < -0.39 is 23.1 Å². The van der Waals surface area contributed by atoms with Gasteiger partial charge in [-0.05, 0) is 52.4 Å². The van der Waals surface area contributed by atoms with Crippen LogP contribution in [0.5, 0.6) is 0 Å². The average Bonchev–Trinajstić information content (AvgIpc) is 2.38. The Hall–Kier alpha value is -1.30. The van der Waals surface area contributed by atoms with Crippen molar-refractivity contribution in [1.29, 1.82) is 0 Å². The molecule has 0 aromatic carbocycles. The van der Waals surface area contributed by atoms with E-state index in [1.807, 2.05) is 13.8 Å². The number of carbonyl (C=O) groups excluding carboxylic acids is 1. The molecule has 136 valence electrons. The van der Waals surface area contributed by atoms with Crippen molar-refractivity contribution in [1.82, 2.24) is 5.32 Å². The molecule has 6 heteroatoms. The minimum Gasteiger partial charge on any atom is -0.481 e. The number of hydrogen-bond donors (Lipinski definition) is 2. The summed E-state index contributed by atoms with van der Waals surface area (Å²) in [4.78, 5) is 23.7. The monoisotopic (exact) mass is 331 g/mol. The number of amides is 1. The first kappa shape index (κ1) is 21.7. The van der Waals surface area contributed by atoms with Crippen molar-refractivity contribution in [3.63, 3.8) is 0 Å². The maximum atomic E-state index is 11.9. The minimum absolute atomic E-state index is 0.0718. The molecule has 1 unspecified atom stereocenters. The summed E-state index contributed by atoms with van der Waals surface area (Å²) < 4.78 is 10.2. The molecule has 2 N–H and O–H groups in total. The Morgan fingerprint density at radius 3 is 2.22 bits per heavy atom. The molecule has 0 saturated carbocycles. The molecule has 23 heavy (non-hydrogen) atoms. The molecule has 0 aliphatic carbocycles. The molecule has 1 atom stereocenters. The zero-order chi connectivity index (χ0) is 18.1. The summed E-state index contributed by atoms with van der Waals surface area (Å²) in [6.45, 7) is 9.97. The van der Waals surface area contributed by atoms with Gasteiger partial charge in [0.05, 0.1) is 5.41 Å². The highest BCUT2D eigenvalue weighted by atomic mass is 16.6. The summed E-state index contributed by atoms with van der Waals surface area (Å²) >= 11 is 0. The highest BCUT2D eigenvalue weighted by Crippen LogP contribution is 2.32. The third-order valence-corrected chi connectivity index (χ3v) is 3.48. The fourth-order valence-corrected chi connectivity index (χ4v) is 2.58. The van der Waals surface area contributed by atoms with Gasteiger partial charge >= 0.3 is 12.1 Å². The van der Waals surface area contributed by atoms with Crippen LogP contribution in [0.3, 0.4) is 0 Å². The van der Waals surface area contributed by atoms with Crippen molar-refractivity contribution in [3.8, 4) is 0 Å². The van der Waals surface area contributed by atoms with Gasteiger partial charge in [-0.1, -0.05) is 13.8 Å². The van der Waals surface area contributed by atoms with Crippen molar-refractivity contribution in [2.24, 2.45) is 11.3 Å². The van der Waals surface area contributed by atoms with E-state index in [9.17, 15) is 14.7 Å². The van der Waals surface area contributed by atoms with Crippen molar-refractivity contribution < 1.29 is 24.2 Å². The van der Waals surface area contributed by atoms with Gasteiger partial charge in [0, 0.05) is 20.3 Å². The van der Waals surface area contributed by atoms with E-state index in [2.05, 4.69) is 5.32 Å². The Morgan fingerprint density at radius 2 is 1.78 bits per heavy atom. The van der Waals surface area contributed by atoms with E-state index in [0.717, 1.165) is 12.8 Å². The van der Waals surface area contributed by atoms with Crippen LogP contribution in [0.15, 0.2) is 0 Å². The van der Waals surface area contributed by atoms with Crippen molar-refractivity contribution in [3.05, 3.63) is 0 Å². The maximum absolute atomic E-state index is 11.9. The Balaban J connectivity index is 4.87. The lowest BCUT2D eigenvalue weighted by Gasteiger charge is -2.32. The third-order valence-electron chi connectivity index (χ3n) is 3.48. The normalized spacial score (nSPS) is 14.4. The summed E-state index contributed by atoms with van der Waals surface area (Å²) in [5.41, 5.74) is -1.58. The number of ether oxygens (including phenoxy) is 2. The number of rotatable bonds is 10. The van der Waals surface area contributed by atoms with E-state index in [-0.39, 0.29) is 12.5 Å². The second-order valence-electron chi connectivity index (χ2n) is 7.49. The summed E-state index contributed by atoms with van der Waals surface area (Å²) in [7, 11) is 1.63. The smallest absolute Gasteiger partial charge is 0.407 e. The van der Waals surface area contributed by atoms with Crippen molar-refractivity contribution in [2.75, 3.05) is 20.3 Å². The van der Waals surface area contributed by atoms with Crippen LogP contribution in [0.2, 0.25) is 0 Å². The largest absolute Gasteiger partial charge is 0.481 e. The number of hydrogen-bond acceptors (Lipinski definition) is 4. The molecule has 0 aliphatic rings. The number of aliphatic carboxylic acids is 1. The van der Waals surface area contributed by atoms with E-state index >= 15 is 0 Å². The molecule has 0 saturated heterocycles. The lowest BCUT2D eigenvalue weighted by atomic mass is 9.76. The third kappa shape index (κ3) is 9.43. The minimum atomic E-state index is -0.973. The Labute approximate surface area is 139 Å². The molecular formula is C17H33NO5. The number of unbranched alkanes of at least 4 members (excludes halogenated alkanes) is 1. The molecule has 6 nitrogen and oxygen atoms in total. The molecule has 0 rings (SSSR count). The first-order chi connectivity index (χ1) is 10.5. The van der Waals surface area contributed by atoms with Crippen LogP contribution in [0.25, 0.3) is 0 Å².